The fraction of sp³-hybridized carbons (Fsp3) is 0.133. The molecule has 0 unspecified atom stereocenters. The first-order valence-electron chi connectivity index (χ1n) is 6.22. The molecule has 1 aromatic heterocycles. The van der Waals surface area contributed by atoms with Gasteiger partial charge in [0, 0.05) is 24.1 Å². The van der Waals surface area contributed by atoms with Crippen molar-refractivity contribution < 1.29 is 14.3 Å². The molecule has 1 N–H and O–H groups in total. The van der Waals surface area contributed by atoms with Crippen LogP contribution in [0.5, 0.6) is 5.75 Å². The average Bonchev–Trinajstić information content (AvgIpc) is 2.84. The summed E-state index contributed by atoms with van der Waals surface area (Å²) in [6.07, 6.45) is 2.94. The van der Waals surface area contributed by atoms with Crippen LogP contribution in [0.15, 0.2) is 35.7 Å². The van der Waals surface area contributed by atoms with Gasteiger partial charge < -0.3 is 10.1 Å². The quantitative estimate of drug-likeness (QED) is 0.535. The molecule has 2 rings (SSSR count). The van der Waals surface area contributed by atoms with E-state index in [1.165, 1.54) is 24.3 Å². The Hall–Kier alpha value is -2.47. The van der Waals surface area contributed by atoms with E-state index in [2.05, 4.69) is 10.3 Å². The summed E-state index contributed by atoms with van der Waals surface area (Å²) in [6.45, 7) is 3.33. The average molecular weight is 302 g/mol. The molecule has 5 nitrogen and oxygen atoms in total. The molecule has 0 fully saturated rings. The number of rotatable bonds is 4. The van der Waals surface area contributed by atoms with Gasteiger partial charge in [-0.2, -0.15) is 0 Å². The van der Waals surface area contributed by atoms with E-state index in [4.69, 9.17) is 4.74 Å². The van der Waals surface area contributed by atoms with Crippen LogP contribution >= 0.6 is 11.3 Å². The van der Waals surface area contributed by atoms with E-state index in [0.717, 1.165) is 10.7 Å². The lowest BCUT2D eigenvalue weighted by molar-refractivity contribution is -0.128. The number of esters is 1. The van der Waals surface area contributed by atoms with Crippen LogP contribution in [0.1, 0.15) is 17.6 Å². The van der Waals surface area contributed by atoms with Crippen LogP contribution in [0.2, 0.25) is 0 Å². The van der Waals surface area contributed by atoms with Gasteiger partial charge in [-0.15, -0.1) is 11.3 Å². The van der Waals surface area contributed by atoms with Crippen LogP contribution in [-0.2, 0) is 9.59 Å². The molecule has 0 radical (unpaired) electrons. The van der Waals surface area contributed by atoms with Gasteiger partial charge in [0.2, 0.25) is 5.91 Å². The van der Waals surface area contributed by atoms with Crippen LogP contribution in [0, 0.1) is 6.92 Å². The van der Waals surface area contributed by atoms with Crippen LogP contribution in [0.4, 0.5) is 5.69 Å². The number of carbonyl (C=O) groups is 2. The Bertz CT molecular complexity index is 674. The fourth-order valence-corrected chi connectivity index (χ4v) is 2.15. The second-order valence-corrected chi connectivity index (χ2v) is 5.31. The second kappa shape index (κ2) is 6.81. The lowest BCUT2D eigenvalue weighted by Gasteiger charge is -2.04. The third kappa shape index (κ3) is 4.85. The number of ether oxygens (including phenoxy) is 1. The van der Waals surface area contributed by atoms with Crippen LogP contribution in [0.3, 0.4) is 0 Å². The number of nitrogens with one attached hydrogen (secondary N) is 1. The summed E-state index contributed by atoms with van der Waals surface area (Å²) < 4.78 is 5.14. The molecule has 1 aromatic carbocycles. The minimum absolute atomic E-state index is 0.152. The molecule has 2 aromatic rings. The van der Waals surface area contributed by atoms with Crippen LogP contribution < -0.4 is 10.1 Å². The maximum Gasteiger partial charge on any atom is 0.336 e. The molecule has 0 spiro atoms. The summed E-state index contributed by atoms with van der Waals surface area (Å²) >= 11 is 1.52. The summed E-state index contributed by atoms with van der Waals surface area (Å²) in [5, 5.41) is 5.44. The highest BCUT2D eigenvalue weighted by Crippen LogP contribution is 2.16. The molecule has 21 heavy (non-hydrogen) atoms. The van der Waals surface area contributed by atoms with Gasteiger partial charge in [-0.1, -0.05) is 0 Å². The molecule has 1 amide bonds. The minimum Gasteiger partial charge on any atom is -0.423 e. The number of thiazole rings is 1. The Balaban J connectivity index is 1.93. The van der Waals surface area contributed by atoms with Crippen molar-refractivity contribution in [1.29, 1.82) is 0 Å². The Morgan fingerprint density at radius 2 is 2.00 bits per heavy atom. The molecule has 0 atom stereocenters. The molecule has 0 aliphatic rings. The third-order valence-electron chi connectivity index (χ3n) is 2.42. The first-order valence-corrected chi connectivity index (χ1v) is 7.10. The van der Waals surface area contributed by atoms with E-state index < -0.39 is 5.97 Å². The normalized spacial score (nSPS) is 10.6. The molecular formula is C15H14N2O3S. The van der Waals surface area contributed by atoms with Crippen LogP contribution in [-0.4, -0.2) is 16.9 Å². The van der Waals surface area contributed by atoms with Gasteiger partial charge >= 0.3 is 5.97 Å². The van der Waals surface area contributed by atoms with Crippen molar-refractivity contribution in [3.05, 3.63) is 46.4 Å². The van der Waals surface area contributed by atoms with E-state index in [-0.39, 0.29) is 5.91 Å². The number of nitrogens with zero attached hydrogens (tertiary/aromatic N) is 1. The van der Waals surface area contributed by atoms with Gasteiger partial charge in [-0.3, -0.25) is 4.79 Å². The maximum absolute atomic E-state index is 11.7. The first kappa shape index (κ1) is 14.9. The number of hydrogen-bond acceptors (Lipinski definition) is 5. The molecule has 0 bridgehead atoms. The lowest BCUT2D eigenvalue weighted by atomic mass is 10.3. The highest BCUT2D eigenvalue weighted by molar-refractivity contribution is 7.09. The molecule has 0 saturated heterocycles. The summed E-state index contributed by atoms with van der Waals surface area (Å²) in [5.74, 6) is -0.220. The summed E-state index contributed by atoms with van der Waals surface area (Å²) in [4.78, 5) is 26.8. The lowest BCUT2D eigenvalue weighted by Crippen LogP contribution is -2.06. The molecule has 6 heteroatoms. The monoisotopic (exact) mass is 302 g/mol. The fourth-order valence-electron chi connectivity index (χ4n) is 1.57. The van der Waals surface area contributed by atoms with Gasteiger partial charge in [-0.05, 0) is 37.3 Å². The molecule has 108 valence electrons. The Labute approximate surface area is 126 Å². The number of benzene rings is 1. The van der Waals surface area contributed by atoms with Gasteiger partial charge in [0.1, 0.15) is 5.75 Å². The zero-order valence-electron chi connectivity index (χ0n) is 11.6. The van der Waals surface area contributed by atoms with Crippen molar-refractivity contribution >= 4 is 35.0 Å². The summed E-state index contributed by atoms with van der Waals surface area (Å²) in [5.41, 5.74) is 1.38. The van der Waals surface area contributed by atoms with Crippen molar-refractivity contribution in [2.45, 2.75) is 13.8 Å². The van der Waals surface area contributed by atoms with Gasteiger partial charge in [0.05, 0.1) is 10.7 Å². The summed E-state index contributed by atoms with van der Waals surface area (Å²) in [6, 6.07) is 6.56. The highest BCUT2D eigenvalue weighted by Gasteiger charge is 2.02. The number of amides is 1. The van der Waals surface area contributed by atoms with E-state index >= 15 is 0 Å². The standard InChI is InChI=1S/C15H14N2O3S/c1-10(18)16-12-3-6-14(7-4-12)20-15(19)8-5-13-9-21-11(2)17-13/h3-9H,1-2H3,(H,16,18)/b8-5+. The minimum atomic E-state index is -0.479. The molecule has 0 aliphatic carbocycles. The van der Waals surface area contributed by atoms with Gasteiger partial charge in [0.15, 0.2) is 0 Å². The first-order chi connectivity index (χ1) is 10.0. The predicted octanol–water partition coefficient (Wildman–Crippen LogP) is 3.03. The van der Waals surface area contributed by atoms with Gasteiger partial charge in [0.25, 0.3) is 0 Å². The highest BCUT2D eigenvalue weighted by atomic mass is 32.1. The SMILES string of the molecule is CC(=O)Nc1ccc(OC(=O)/C=C/c2csc(C)n2)cc1. The molecular weight excluding hydrogens is 288 g/mol. The number of anilines is 1. The zero-order chi connectivity index (χ0) is 15.2. The van der Waals surface area contributed by atoms with Crippen LogP contribution in [0.25, 0.3) is 6.08 Å². The number of hydrogen-bond donors (Lipinski definition) is 1. The Morgan fingerprint density at radius 1 is 1.29 bits per heavy atom. The Morgan fingerprint density at radius 3 is 2.57 bits per heavy atom. The molecule has 1 heterocycles. The number of aryl methyl sites for hydroxylation is 1. The van der Waals surface area contributed by atoms with E-state index in [1.54, 1.807) is 30.3 Å². The van der Waals surface area contributed by atoms with Crippen molar-refractivity contribution in [1.82, 2.24) is 4.98 Å². The number of aromatic nitrogens is 1. The largest absolute Gasteiger partial charge is 0.423 e. The van der Waals surface area contributed by atoms with Gasteiger partial charge in [-0.25, -0.2) is 9.78 Å². The van der Waals surface area contributed by atoms with Crippen molar-refractivity contribution in [3.8, 4) is 5.75 Å². The van der Waals surface area contributed by atoms with Crippen molar-refractivity contribution in [3.63, 3.8) is 0 Å². The van der Waals surface area contributed by atoms with Crippen molar-refractivity contribution in [2.24, 2.45) is 0 Å². The van der Waals surface area contributed by atoms with E-state index in [0.29, 0.717) is 11.4 Å². The topological polar surface area (TPSA) is 68.3 Å². The zero-order valence-corrected chi connectivity index (χ0v) is 12.4. The number of carbonyl (C=O) groups excluding carboxylic acids is 2. The van der Waals surface area contributed by atoms with E-state index in [1.807, 2.05) is 12.3 Å². The maximum atomic E-state index is 11.7. The third-order valence-corrected chi connectivity index (χ3v) is 3.21. The predicted molar refractivity (Wildman–Crippen MR) is 82.3 cm³/mol. The Kier molecular flexibility index (Phi) is 4.84. The smallest absolute Gasteiger partial charge is 0.336 e. The van der Waals surface area contributed by atoms with Crippen molar-refractivity contribution in [2.75, 3.05) is 5.32 Å². The summed E-state index contributed by atoms with van der Waals surface area (Å²) in [7, 11) is 0. The molecule has 0 saturated carbocycles. The second-order valence-electron chi connectivity index (χ2n) is 4.25. The van der Waals surface area contributed by atoms with E-state index in [9.17, 15) is 9.59 Å². The molecule has 0 aliphatic heterocycles.